The van der Waals surface area contributed by atoms with Gasteiger partial charge in [0.2, 0.25) is 5.91 Å². The molecule has 8 nitrogen and oxygen atoms in total. The van der Waals surface area contributed by atoms with Gasteiger partial charge in [0.25, 0.3) is 0 Å². The van der Waals surface area contributed by atoms with Gasteiger partial charge in [-0.3, -0.25) is 9.59 Å². The molecule has 0 aromatic rings. The first-order valence-corrected chi connectivity index (χ1v) is 5.78. The fourth-order valence-corrected chi connectivity index (χ4v) is 1.26. The van der Waals surface area contributed by atoms with Crippen LogP contribution in [-0.4, -0.2) is 61.0 Å². The third-order valence-corrected chi connectivity index (χ3v) is 2.18. The molecule has 0 bridgehead atoms. The lowest BCUT2D eigenvalue weighted by atomic mass is 10.1. The first-order chi connectivity index (χ1) is 8.97. The van der Waals surface area contributed by atoms with Gasteiger partial charge in [-0.15, -0.1) is 0 Å². The second-order valence-corrected chi connectivity index (χ2v) is 3.79. The van der Waals surface area contributed by atoms with Crippen LogP contribution in [0.4, 0.5) is 0 Å². The highest BCUT2D eigenvalue weighted by atomic mass is 16.5. The monoisotopic (exact) mass is 277 g/mol. The molecule has 8 heteroatoms. The zero-order valence-electron chi connectivity index (χ0n) is 10.8. The summed E-state index contributed by atoms with van der Waals surface area (Å²) in [6.45, 7) is 0.320. The number of methoxy groups -OCH3 is 1. The molecule has 0 heterocycles. The van der Waals surface area contributed by atoms with Crippen LogP contribution in [0.15, 0.2) is 0 Å². The van der Waals surface area contributed by atoms with E-state index in [1.807, 2.05) is 0 Å². The lowest BCUT2D eigenvalue weighted by Gasteiger charge is -2.14. The van der Waals surface area contributed by atoms with E-state index in [-0.39, 0.29) is 32.5 Å². The van der Waals surface area contributed by atoms with Crippen molar-refractivity contribution in [3.63, 3.8) is 0 Å². The Balaban J connectivity index is 3.94. The van der Waals surface area contributed by atoms with E-state index in [1.165, 1.54) is 7.11 Å². The van der Waals surface area contributed by atoms with Crippen molar-refractivity contribution in [3.05, 3.63) is 0 Å². The molecule has 0 fully saturated rings. The van der Waals surface area contributed by atoms with Gasteiger partial charge in [-0.25, -0.2) is 4.79 Å². The van der Waals surface area contributed by atoms with E-state index in [0.29, 0.717) is 6.61 Å². The number of carbonyl (C=O) groups excluding carboxylic acids is 1. The molecule has 0 rings (SSSR count). The summed E-state index contributed by atoms with van der Waals surface area (Å²) in [6.07, 6.45) is 0.104. The number of nitrogens with one attached hydrogen (secondary N) is 1. The maximum Gasteiger partial charge on any atom is 0.326 e. The van der Waals surface area contributed by atoms with Crippen molar-refractivity contribution in [1.29, 1.82) is 0 Å². The fourth-order valence-electron chi connectivity index (χ4n) is 1.26. The summed E-state index contributed by atoms with van der Waals surface area (Å²) in [5, 5.41) is 19.6. The summed E-state index contributed by atoms with van der Waals surface area (Å²) in [5.41, 5.74) is 0. The van der Waals surface area contributed by atoms with Gasteiger partial charge >= 0.3 is 11.9 Å². The van der Waals surface area contributed by atoms with Crippen molar-refractivity contribution in [2.45, 2.75) is 25.3 Å². The smallest absolute Gasteiger partial charge is 0.326 e. The Labute approximate surface area is 110 Å². The molecular formula is C11H19NO7. The Hall–Kier alpha value is -1.67. The van der Waals surface area contributed by atoms with E-state index >= 15 is 0 Å². The number of aliphatic carboxylic acids is 2. The first-order valence-electron chi connectivity index (χ1n) is 5.78. The first kappa shape index (κ1) is 17.3. The van der Waals surface area contributed by atoms with Crippen LogP contribution in [-0.2, 0) is 23.9 Å². The summed E-state index contributed by atoms with van der Waals surface area (Å²) in [7, 11) is 1.49. The number of ether oxygens (including phenoxy) is 2. The number of hydrogen-bond donors (Lipinski definition) is 3. The van der Waals surface area contributed by atoms with E-state index in [4.69, 9.17) is 19.7 Å². The number of hydrogen-bond acceptors (Lipinski definition) is 5. The summed E-state index contributed by atoms with van der Waals surface area (Å²) < 4.78 is 9.65. The van der Waals surface area contributed by atoms with E-state index in [0.717, 1.165) is 0 Å². The molecule has 3 N–H and O–H groups in total. The number of amides is 1. The molecule has 0 aliphatic heterocycles. The normalized spacial score (nSPS) is 11.8. The van der Waals surface area contributed by atoms with Crippen molar-refractivity contribution < 1.29 is 34.1 Å². The van der Waals surface area contributed by atoms with Crippen LogP contribution in [0.1, 0.15) is 19.3 Å². The van der Waals surface area contributed by atoms with Gasteiger partial charge in [-0.2, -0.15) is 0 Å². The Kier molecular flexibility index (Phi) is 9.37. The zero-order valence-corrected chi connectivity index (χ0v) is 10.8. The van der Waals surface area contributed by atoms with Crippen LogP contribution in [0.3, 0.4) is 0 Å². The van der Waals surface area contributed by atoms with Gasteiger partial charge in [0.05, 0.1) is 13.2 Å². The van der Waals surface area contributed by atoms with Crippen LogP contribution in [0.5, 0.6) is 0 Å². The third kappa shape index (κ3) is 9.98. The van der Waals surface area contributed by atoms with Crippen molar-refractivity contribution in [1.82, 2.24) is 5.32 Å². The number of carboxylic acid groups (broad SMARTS) is 2. The molecule has 110 valence electrons. The molecule has 1 atom stereocenters. The van der Waals surface area contributed by atoms with Gasteiger partial charge in [0.15, 0.2) is 0 Å². The number of carbonyl (C=O) groups is 3. The molecule has 0 aromatic heterocycles. The molecule has 0 saturated carbocycles. The van der Waals surface area contributed by atoms with E-state index in [1.54, 1.807) is 0 Å². The number of rotatable bonds is 11. The van der Waals surface area contributed by atoms with E-state index in [9.17, 15) is 14.4 Å². The van der Waals surface area contributed by atoms with Gasteiger partial charge in [-0.1, -0.05) is 0 Å². The van der Waals surface area contributed by atoms with Gasteiger partial charge in [0.1, 0.15) is 12.6 Å². The lowest BCUT2D eigenvalue weighted by molar-refractivity contribution is -0.143. The molecule has 0 aromatic carbocycles. The molecule has 1 amide bonds. The average molecular weight is 277 g/mol. The van der Waals surface area contributed by atoms with Crippen molar-refractivity contribution >= 4 is 17.8 Å². The van der Waals surface area contributed by atoms with Crippen molar-refractivity contribution in [3.8, 4) is 0 Å². The molecule has 0 spiro atoms. The summed E-state index contributed by atoms with van der Waals surface area (Å²) in [6, 6.07) is -1.10. The van der Waals surface area contributed by atoms with Crippen LogP contribution >= 0.6 is 0 Å². The predicted molar refractivity (Wildman–Crippen MR) is 63.7 cm³/mol. The van der Waals surface area contributed by atoms with Crippen molar-refractivity contribution in [2.75, 3.05) is 26.9 Å². The number of carboxylic acids is 2. The molecule has 0 unspecified atom stereocenters. The van der Waals surface area contributed by atoms with E-state index in [2.05, 4.69) is 5.32 Å². The Bertz CT molecular complexity index is 305. The minimum Gasteiger partial charge on any atom is -0.481 e. The molecular weight excluding hydrogens is 258 g/mol. The fraction of sp³-hybridized carbons (Fsp3) is 0.727. The second-order valence-electron chi connectivity index (χ2n) is 3.79. The van der Waals surface area contributed by atoms with E-state index < -0.39 is 23.9 Å². The van der Waals surface area contributed by atoms with Crippen LogP contribution in [0.2, 0.25) is 0 Å². The standard InChI is InChI=1S/C11H19NO7/c1-18-5-6-19-7-9(13)12-8(11(16)17)3-2-4-10(14)15/h8H,2-7H2,1H3,(H,12,13)(H,14,15)(H,16,17)/t8-/m1/s1. The van der Waals surface area contributed by atoms with Gasteiger partial charge in [-0.05, 0) is 12.8 Å². The topological polar surface area (TPSA) is 122 Å². The minimum absolute atomic E-state index is 0.0610. The highest BCUT2D eigenvalue weighted by molar-refractivity contribution is 5.84. The SMILES string of the molecule is COCCOCC(=O)N[C@H](CCCC(=O)O)C(=O)O. The molecule has 0 radical (unpaired) electrons. The molecule has 0 saturated heterocycles. The summed E-state index contributed by atoms with van der Waals surface area (Å²) >= 11 is 0. The highest BCUT2D eigenvalue weighted by Crippen LogP contribution is 2.01. The third-order valence-electron chi connectivity index (χ3n) is 2.18. The van der Waals surface area contributed by atoms with Crippen LogP contribution in [0.25, 0.3) is 0 Å². The minimum atomic E-state index is -1.20. The average Bonchev–Trinajstić information content (AvgIpc) is 2.33. The van der Waals surface area contributed by atoms with Crippen LogP contribution < -0.4 is 5.32 Å². The predicted octanol–water partition coefficient (Wildman–Crippen LogP) is -0.526. The van der Waals surface area contributed by atoms with Crippen LogP contribution in [0, 0.1) is 0 Å². The van der Waals surface area contributed by atoms with Gasteiger partial charge in [0, 0.05) is 13.5 Å². The Morgan fingerprint density at radius 1 is 1.21 bits per heavy atom. The Morgan fingerprint density at radius 2 is 1.89 bits per heavy atom. The summed E-state index contributed by atoms with van der Waals surface area (Å²) in [5.74, 6) is -2.76. The largest absolute Gasteiger partial charge is 0.481 e. The van der Waals surface area contributed by atoms with Crippen molar-refractivity contribution in [2.24, 2.45) is 0 Å². The highest BCUT2D eigenvalue weighted by Gasteiger charge is 2.19. The molecule has 0 aliphatic carbocycles. The quantitative estimate of drug-likeness (QED) is 0.434. The maximum atomic E-state index is 11.4. The molecule has 0 aliphatic rings. The van der Waals surface area contributed by atoms with Gasteiger partial charge < -0.3 is 25.0 Å². The second kappa shape index (κ2) is 10.3. The Morgan fingerprint density at radius 3 is 2.42 bits per heavy atom. The zero-order chi connectivity index (χ0) is 14.7. The maximum absolute atomic E-state index is 11.4. The lowest BCUT2D eigenvalue weighted by Crippen LogP contribution is -2.42. The molecule has 19 heavy (non-hydrogen) atoms. The summed E-state index contributed by atoms with van der Waals surface area (Å²) in [4.78, 5) is 32.5.